The third-order valence-corrected chi connectivity index (χ3v) is 5.66. The van der Waals surface area contributed by atoms with Gasteiger partial charge in [-0.2, -0.15) is 0 Å². The lowest BCUT2D eigenvalue weighted by Gasteiger charge is -2.13. The van der Waals surface area contributed by atoms with Gasteiger partial charge in [-0.1, -0.05) is 12.1 Å². The monoisotopic (exact) mass is 440 g/mol. The molecule has 1 N–H and O–H groups in total. The van der Waals surface area contributed by atoms with Gasteiger partial charge in [0.05, 0.1) is 11.5 Å². The van der Waals surface area contributed by atoms with Gasteiger partial charge in [-0.15, -0.1) is 0 Å². The Morgan fingerprint density at radius 2 is 1.84 bits per heavy atom. The van der Waals surface area contributed by atoms with E-state index in [2.05, 4.69) is 5.32 Å². The number of nitrogens with one attached hydrogen (secondary N) is 1. The van der Waals surface area contributed by atoms with Crippen LogP contribution in [0.4, 0.5) is 10.5 Å². The van der Waals surface area contributed by atoms with Crippen molar-refractivity contribution in [3.05, 3.63) is 58.0 Å². The number of rotatable bonds is 7. The summed E-state index contributed by atoms with van der Waals surface area (Å²) in [7, 11) is 1.45. The van der Waals surface area contributed by atoms with Crippen LogP contribution in [-0.4, -0.2) is 42.2 Å². The number of thioether (sulfide) groups is 1. The van der Waals surface area contributed by atoms with E-state index in [1.54, 1.807) is 24.3 Å². The van der Waals surface area contributed by atoms with Gasteiger partial charge < -0.3 is 14.8 Å². The zero-order chi connectivity index (χ0) is 22.5. The molecule has 2 aromatic rings. The molecule has 0 aromatic heterocycles. The van der Waals surface area contributed by atoms with Crippen LogP contribution in [0.1, 0.15) is 23.6 Å². The number of benzene rings is 2. The lowest BCUT2D eigenvalue weighted by atomic mass is 10.1. The summed E-state index contributed by atoms with van der Waals surface area (Å²) in [5.41, 5.74) is 3.64. The minimum atomic E-state index is -0.337. The summed E-state index contributed by atoms with van der Waals surface area (Å²) in [6.07, 6.45) is 1.63. The van der Waals surface area contributed by atoms with E-state index in [4.69, 9.17) is 9.47 Å². The number of ether oxygens (including phenoxy) is 2. The Labute approximate surface area is 185 Å². The second-order valence-electron chi connectivity index (χ2n) is 7.02. The molecule has 8 heteroatoms. The van der Waals surface area contributed by atoms with Crippen LogP contribution in [0.25, 0.3) is 6.08 Å². The summed E-state index contributed by atoms with van der Waals surface area (Å²) in [5.74, 6) is 0.242. The molecule has 0 spiro atoms. The van der Waals surface area contributed by atoms with Gasteiger partial charge in [-0.3, -0.25) is 19.3 Å². The second kappa shape index (κ2) is 9.70. The van der Waals surface area contributed by atoms with Gasteiger partial charge in [0.2, 0.25) is 0 Å². The van der Waals surface area contributed by atoms with Gasteiger partial charge in [-0.05, 0) is 79.6 Å². The first-order chi connectivity index (χ1) is 14.8. The van der Waals surface area contributed by atoms with Gasteiger partial charge in [0.25, 0.3) is 17.1 Å². The fourth-order valence-electron chi connectivity index (χ4n) is 2.86. The summed E-state index contributed by atoms with van der Waals surface area (Å²) in [5, 5.41) is 2.50. The summed E-state index contributed by atoms with van der Waals surface area (Å²) in [6.45, 7) is 6.06. The Morgan fingerprint density at radius 1 is 1.06 bits per heavy atom. The van der Waals surface area contributed by atoms with Gasteiger partial charge in [0.1, 0.15) is 0 Å². The molecule has 1 heterocycles. The smallest absolute Gasteiger partial charge is 0.293 e. The molecule has 0 radical (unpaired) electrons. The van der Waals surface area contributed by atoms with Crippen molar-refractivity contribution in [1.29, 1.82) is 0 Å². The van der Waals surface area contributed by atoms with E-state index in [9.17, 15) is 14.4 Å². The summed E-state index contributed by atoms with van der Waals surface area (Å²) in [4.78, 5) is 37.5. The number of anilines is 1. The minimum absolute atomic E-state index is 0.179. The molecule has 0 bridgehead atoms. The first-order valence-corrected chi connectivity index (χ1v) is 10.6. The highest BCUT2D eigenvalue weighted by Crippen LogP contribution is 2.34. The number of carbonyl (C=O) groups excluding carboxylic acids is 3. The van der Waals surface area contributed by atoms with Crippen LogP contribution in [0.15, 0.2) is 41.3 Å². The quantitative estimate of drug-likeness (QED) is 0.643. The summed E-state index contributed by atoms with van der Waals surface area (Å²) < 4.78 is 11.3. The van der Waals surface area contributed by atoms with E-state index in [-0.39, 0.29) is 23.7 Å². The van der Waals surface area contributed by atoms with E-state index in [0.29, 0.717) is 34.3 Å². The van der Waals surface area contributed by atoms with Crippen molar-refractivity contribution in [3.8, 4) is 11.5 Å². The topological polar surface area (TPSA) is 84.9 Å². The van der Waals surface area contributed by atoms with Crippen molar-refractivity contribution in [2.45, 2.75) is 20.8 Å². The van der Waals surface area contributed by atoms with E-state index in [1.165, 1.54) is 7.05 Å². The predicted molar refractivity (Wildman–Crippen MR) is 121 cm³/mol. The highest BCUT2D eigenvalue weighted by Gasteiger charge is 2.31. The average molecular weight is 441 g/mol. The third-order valence-electron chi connectivity index (χ3n) is 4.70. The number of aryl methyl sites for hydroxylation is 2. The van der Waals surface area contributed by atoms with E-state index < -0.39 is 0 Å². The number of nitrogens with zero attached hydrogens (tertiary/aromatic N) is 1. The Hall–Kier alpha value is -3.26. The Kier molecular flexibility index (Phi) is 7.02. The maximum Gasteiger partial charge on any atom is 0.293 e. The summed E-state index contributed by atoms with van der Waals surface area (Å²) >= 11 is 0.890. The number of imide groups is 1. The molecule has 1 fully saturated rings. The maximum atomic E-state index is 12.3. The Morgan fingerprint density at radius 3 is 2.48 bits per heavy atom. The van der Waals surface area contributed by atoms with Gasteiger partial charge >= 0.3 is 0 Å². The molecule has 0 saturated carbocycles. The van der Waals surface area contributed by atoms with Crippen LogP contribution < -0.4 is 14.8 Å². The van der Waals surface area contributed by atoms with Crippen LogP contribution in [-0.2, 0) is 9.59 Å². The number of carbonyl (C=O) groups is 3. The highest BCUT2D eigenvalue weighted by molar-refractivity contribution is 8.18. The Balaban J connectivity index is 1.69. The first-order valence-electron chi connectivity index (χ1n) is 9.76. The van der Waals surface area contributed by atoms with Crippen molar-refractivity contribution < 1.29 is 23.9 Å². The van der Waals surface area contributed by atoms with Crippen molar-refractivity contribution >= 4 is 40.6 Å². The molecule has 7 nitrogen and oxygen atoms in total. The highest BCUT2D eigenvalue weighted by atomic mass is 32.2. The van der Waals surface area contributed by atoms with Crippen LogP contribution in [0.2, 0.25) is 0 Å². The fraction of sp³-hybridized carbons (Fsp3) is 0.261. The second-order valence-corrected chi connectivity index (χ2v) is 8.01. The zero-order valence-electron chi connectivity index (χ0n) is 17.9. The summed E-state index contributed by atoms with van der Waals surface area (Å²) in [6, 6.07) is 10.8. The minimum Gasteiger partial charge on any atom is -0.490 e. The van der Waals surface area contributed by atoms with Gasteiger partial charge in [0, 0.05) is 12.7 Å². The molecule has 1 aliphatic heterocycles. The van der Waals surface area contributed by atoms with Crippen LogP contribution in [0.5, 0.6) is 11.5 Å². The predicted octanol–water partition coefficient (Wildman–Crippen LogP) is 4.39. The molecule has 0 atom stereocenters. The zero-order valence-corrected chi connectivity index (χ0v) is 18.7. The van der Waals surface area contributed by atoms with E-state index >= 15 is 0 Å². The van der Waals surface area contributed by atoms with Crippen molar-refractivity contribution in [2.24, 2.45) is 0 Å². The van der Waals surface area contributed by atoms with Gasteiger partial charge in [-0.25, -0.2) is 0 Å². The Bertz CT molecular complexity index is 1060. The average Bonchev–Trinajstić information content (AvgIpc) is 2.97. The van der Waals surface area contributed by atoms with Crippen molar-refractivity contribution in [2.75, 3.05) is 25.6 Å². The molecular weight excluding hydrogens is 416 g/mol. The van der Waals surface area contributed by atoms with Crippen LogP contribution in [0.3, 0.4) is 0 Å². The molecule has 2 aromatic carbocycles. The molecule has 0 aliphatic carbocycles. The molecular formula is C23H24N2O5S. The van der Waals surface area contributed by atoms with E-state index in [0.717, 1.165) is 27.8 Å². The lowest BCUT2D eigenvalue weighted by molar-refractivity contribution is -0.121. The maximum absolute atomic E-state index is 12.3. The molecule has 162 valence electrons. The SMILES string of the molecule is CCOc1cc(/C=C2/SC(=O)N(C)C2=O)ccc1OCC(=O)Nc1ccc(C)c(C)c1. The molecule has 3 amide bonds. The normalized spacial score (nSPS) is 14.8. The number of hydrogen-bond acceptors (Lipinski definition) is 6. The largest absolute Gasteiger partial charge is 0.490 e. The van der Waals surface area contributed by atoms with Crippen LogP contribution in [0, 0.1) is 13.8 Å². The third kappa shape index (κ3) is 5.46. The van der Waals surface area contributed by atoms with E-state index in [1.807, 2.05) is 39.0 Å². The first kappa shape index (κ1) is 22.4. The fourth-order valence-corrected chi connectivity index (χ4v) is 3.69. The van der Waals surface area contributed by atoms with Crippen molar-refractivity contribution in [1.82, 2.24) is 4.90 Å². The molecule has 1 saturated heterocycles. The molecule has 31 heavy (non-hydrogen) atoms. The lowest BCUT2D eigenvalue weighted by Crippen LogP contribution is -2.22. The number of hydrogen-bond donors (Lipinski definition) is 1. The van der Waals surface area contributed by atoms with Crippen LogP contribution >= 0.6 is 11.8 Å². The van der Waals surface area contributed by atoms with Crippen molar-refractivity contribution in [3.63, 3.8) is 0 Å². The number of likely N-dealkylation sites (N-methyl/N-ethyl adjacent to an activating group) is 1. The van der Waals surface area contributed by atoms with Gasteiger partial charge in [0.15, 0.2) is 18.1 Å². The number of amides is 3. The molecule has 3 rings (SSSR count). The molecule has 1 aliphatic rings. The standard InChI is InChI=1S/C23H24N2O5S/c1-5-29-19-11-16(12-20-22(27)25(4)23(28)31-20)7-9-18(19)30-13-21(26)24-17-8-6-14(2)15(3)10-17/h6-12H,5,13H2,1-4H3,(H,24,26)/b20-12+. The molecule has 0 unspecified atom stereocenters.